The zero-order valence-electron chi connectivity index (χ0n) is 20.5. The summed E-state index contributed by atoms with van der Waals surface area (Å²) in [4.78, 5) is 72.1. The van der Waals surface area contributed by atoms with Crippen molar-refractivity contribution >= 4 is 35.6 Å². The molecule has 0 aliphatic carbocycles. The standard InChI is InChI=1S/C23H33N5O9/c1-11(2)19(23(36)37)28-22(35)16(9-12-3-5-13(29)6-4-12)27-21(34)15(7-8-17(25)30)26-20(33)14(24)10-18(31)32/h3-6,11,14-16,19,29H,7-10,24H2,1-2H3,(H2,25,30)(H,26,33)(H,27,34)(H,28,35)(H,31,32)(H,36,37). The van der Waals surface area contributed by atoms with Crippen LogP contribution in [0.25, 0.3) is 0 Å². The zero-order chi connectivity index (χ0) is 28.3. The number of amides is 4. The van der Waals surface area contributed by atoms with Gasteiger partial charge in [0.05, 0.1) is 12.5 Å². The number of aliphatic carboxylic acids is 2. The molecule has 204 valence electrons. The number of primary amides is 1. The summed E-state index contributed by atoms with van der Waals surface area (Å²) in [6.45, 7) is 3.17. The van der Waals surface area contributed by atoms with Crippen molar-refractivity contribution in [3.05, 3.63) is 29.8 Å². The molecule has 0 bridgehead atoms. The van der Waals surface area contributed by atoms with E-state index in [2.05, 4.69) is 16.0 Å². The van der Waals surface area contributed by atoms with Crippen LogP contribution in [-0.2, 0) is 35.2 Å². The molecular weight excluding hydrogens is 490 g/mol. The third kappa shape index (κ3) is 10.9. The third-order valence-electron chi connectivity index (χ3n) is 5.28. The Labute approximate surface area is 212 Å². The van der Waals surface area contributed by atoms with E-state index in [1.54, 1.807) is 13.8 Å². The van der Waals surface area contributed by atoms with E-state index in [1.807, 2.05) is 0 Å². The molecule has 0 heterocycles. The SMILES string of the molecule is CC(C)C(NC(=O)C(Cc1ccc(O)cc1)NC(=O)C(CCC(N)=O)NC(=O)C(N)CC(=O)O)C(=O)O. The number of nitrogens with one attached hydrogen (secondary N) is 3. The van der Waals surface area contributed by atoms with Crippen molar-refractivity contribution in [2.45, 2.75) is 63.7 Å². The fraction of sp³-hybridized carbons (Fsp3) is 0.478. The van der Waals surface area contributed by atoms with Gasteiger partial charge in [-0.15, -0.1) is 0 Å². The van der Waals surface area contributed by atoms with Gasteiger partial charge in [-0.2, -0.15) is 0 Å². The first-order valence-electron chi connectivity index (χ1n) is 11.4. The van der Waals surface area contributed by atoms with E-state index in [9.17, 15) is 39.0 Å². The van der Waals surface area contributed by atoms with Gasteiger partial charge in [0.15, 0.2) is 0 Å². The molecule has 10 N–H and O–H groups in total. The van der Waals surface area contributed by atoms with E-state index in [-0.39, 0.29) is 25.0 Å². The fourth-order valence-electron chi connectivity index (χ4n) is 3.23. The Morgan fingerprint density at radius 2 is 1.41 bits per heavy atom. The Kier molecular flexibility index (Phi) is 12.0. The minimum absolute atomic E-state index is 0.0357. The van der Waals surface area contributed by atoms with Gasteiger partial charge in [0.1, 0.15) is 23.9 Å². The normalized spacial score (nSPS) is 14.1. The first-order chi connectivity index (χ1) is 17.2. The lowest BCUT2D eigenvalue weighted by molar-refractivity contribution is -0.143. The third-order valence-corrected chi connectivity index (χ3v) is 5.28. The number of nitrogens with two attached hydrogens (primary N) is 2. The van der Waals surface area contributed by atoms with Gasteiger partial charge in [0.2, 0.25) is 23.6 Å². The maximum atomic E-state index is 13.1. The Morgan fingerprint density at radius 3 is 1.89 bits per heavy atom. The van der Waals surface area contributed by atoms with Crippen molar-refractivity contribution in [2.24, 2.45) is 17.4 Å². The van der Waals surface area contributed by atoms with Crippen molar-refractivity contribution in [2.75, 3.05) is 0 Å². The lowest BCUT2D eigenvalue weighted by atomic mass is 10.0. The number of aromatic hydroxyl groups is 1. The second-order valence-corrected chi connectivity index (χ2v) is 8.77. The Balaban J connectivity index is 3.18. The van der Waals surface area contributed by atoms with E-state index >= 15 is 0 Å². The van der Waals surface area contributed by atoms with Gasteiger partial charge in [-0.25, -0.2) is 4.79 Å². The first kappa shape index (κ1) is 30.8. The fourth-order valence-corrected chi connectivity index (χ4v) is 3.23. The van der Waals surface area contributed by atoms with E-state index in [4.69, 9.17) is 16.6 Å². The summed E-state index contributed by atoms with van der Waals surface area (Å²) in [6.07, 6.45) is -1.43. The van der Waals surface area contributed by atoms with Crippen molar-refractivity contribution in [1.82, 2.24) is 16.0 Å². The number of carbonyl (C=O) groups is 6. The number of phenolic OH excluding ortho intramolecular Hbond substituents is 1. The lowest BCUT2D eigenvalue weighted by Crippen LogP contribution is -2.58. The van der Waals surface area contributed by atoms with Crippen LogP contribution in [0, 0.1) is 5.92 Å². The Bertz CT molecular complexity index is 997. The number of hydrogen-bond donors (Lipinski definition) is 8. The van der Waals surface area contributed by atoms with Gasteiger partial charge in [0, 0.05) is 12.8 Å². The summed E-state index contributed by atoms with van der Waals surface area (Å²) in [5.74, 6) is -6.63. The summed E-state index contributed by atoms with van der Waals surface area (Å²) < 4.78 is 0. The number of carboxylic acid groups (broad SMARTS) is 2. The Morgan fingerprint density at radius 1 is 0.865 bits per heavy atom. The second-order valence-electron chi connectivity index (χ2n) is 8.77. The van der Waals surface area contributed by atoms with Crippen LogP contribution >= 0.6 is 0 Å². The van der Waals surface area contributed by atoms with Crippen LogP contribution in [0.1, 0.15) is 38.7 Å². The van der Waals surface area contributed by atoms with Gasteiger partial charge in [-0.05, 0) is 30.0 Å². The smallest absolute Gasteiger partial charge is 0.326 e. The van der Waals surface area contributed by atoms with Gasteiger partial charge < -0.3 is 42.7 Å². The van der Waals surface area contributed by atoms with Crippen LogP contribution in [0.4, 0.5) is 0 Å². The van der Waals surface area contributed by atoms with E-state index in [1.165, 1.54) is 24.3 Å². The zero-order valence-corrected chi connectivity index (χ0v) is 20.5. The summed E-state index contributed by atoms with van der Waals surface area (Å²) >= 11 is 0. The number of phenols is 1. The summed E-state index contributed by atoms with van der Waals surface area (Å²) in [7, 11) is 0. The van der Waals surface area contributed by atoms with Crippen molar-refractivity contribution in [3.63, 3.8) is 0 Å². The monoisotopic (exact) mass is 523 g/mol. The minimum Gasteiger partial charge on any atom is -0.508 e. The predicted octanol–water partition coefficient (Wildman–Crippen LogP) is -1.80. The highest BCUT2D eigenvalue weighted by molar-refractivity contribution is 5.95. The van der Waals surface area contributed by atoms with Gasteiger partial charge >= 0.3 is 11.9 Å². The molecule has 4 atom stereocenters. The molecule has 0 saturated heterocycles. The van der Waals surface area contributed by atoms with Gasteiger partial charge in [-0.1, -0.05) is 26.0 Å². The summed E-state index contributed by atoms with van der Waals surface area (Å²) in [5, 5.41) is 34.8. The van der Waals surface area contributed by atoms with Crippen molar-refractivity contribution in [3.8, 4) is 5.75 Å². The topological polar surface area (TPSA) is 251 Å². The number of carboxylic acids is 2. The quantitative estimate of drug-likeness (QED) is 0.128. The molecule has 0 spiro atoms. The Hall–Kier alpha value is -4.20. The average Bonchev–Trinajstić information content (AvgIpc) is 2.79. The molecule has 14 nitrogen and oxygen atoms in total. The molecule has 4 unspecified atom stereocenters. The molecule has 1 aromatic rings. The highest BCUT2D eigenvalue weighted by atomic mass is 16.4. The number of carbonyl (C=O) groups excluding carboxylic acids is 4. The second kappa shape index (κ2) is 14.4. The molecule has 0 aliphatic rings. The first-order valence-corrected chi connectivity index (χ1v) is 11.4. The molecule has 37 heavy (non-hydrogen) atoms. The molecule has 0 aliphatic heterocycles. The molecule has 0 saturated carbocycles. The molecule has 0 fully saturated rings. The van der Waals surface area contributed by atoms with E-state index in [0.717, 1.165) is 0 Å². The van der Waals surface area contributed by atoms with Crippen LogP contribution in [0.15, 0.2) is 24.3 Å². The van der Waals surface area contributed by atoms with Gasteiger partial charge in [-0.3, -0.25) is 24.0 Å². The number of rotatable bonds is 15. The predicted molar refractivity (Wildman–Crippen MR) is 129 cm³/mol. The highest BCUT2D eigenvalue weighted by Crippen LogP contribution is 2.13. The minimum atomic E-state index is -1.49. The maximum absolute atomic E-state index is 13.1. The van der Waals surface area contributed by atoms with Gasteiger partial charge in [0.25, 0.3) is 0 Å². The largest absolute Gasteiger partial charge is 0.508 e. The summed E-state index contributed by atoms with van der Waals surface area (Å²) in [6, 6.07) is 0.242. The van der Waals surface area contributed by atoms with Crippen LogP contribution in [0.5, 0.6) is 5.75 Å². The maximum Gasteiger partial charge on any atom is 0.326 e. The van der Waals surface area contributed by atoms with Crippen molar-refractivity contribution in [1.29, 1.82) is 0 Å². The number of hydrogen-bond acceptors (Lipinski definition) is 8. The van der Waals surface area contributed by atoms with E-state index < -0.39 is 72.1 Å². The molecule has 0 aromatic heterocycles. The lowest BCUT2D eigenvalue weighted by Gasteiger charge is -2.26. The molecular formula is C23H33N5O9. The van der Waals surface area contributed by atoms with Crippen LogP contribution in [0.3, 0.4) is 0 Å². The molecule has 0 radical (unpaired) electrons. The molecule has 1 rings (SSSR count). The molecule has 1 aromatic carbocycles. The highest BCUT2D eigenvalue weighted by Gasteiger charge is 2.32. The van der Waals surface area contributed by atoms with Crippen molar-refractivity contribution < 1.29 is 44.1 Å². The summed E-state index contributed by atoms with van der Waals surface area (Å²) in [5.41, 5.74) is 11.2. The number of benzene rings is 1. The molecule has 14 heteroatoms. The van der Waals surface area contributed by atoms with E-state index in [0.29, 0.717) is 5.56 Å². The van der Waals surface area contributed by atoms with Crippen LogP contribution in [0.2, 0.25) is 0 Å². The van der Waals surface area contributed by atoms with Crippen LogP contribution < -0.4 is 27.4 Å². The average molecular weight is 524 g/mol. The van der Waals surface area contributed by atoms with Crippen LogP contribution in [-0.4, -0.2) is 75.1 Å². The molecule has 4 amide bonds.